The van der Waals surface area contributed by atoms with Gasteiger partial charge in [0.1, 0.15) is 28.8 Å². The number of anilines is 1. The molecule has 2 N–H and O–H groups in total. The molecule has 1 aliphatic carbocycles. The predicted octanol–water partition coefficient (Wildman–Crippen LogP) is 6.31. The number of fused-ring (bicyclic) bond motifs is 1. The maximum Gasteiger partial charge on any atom is 0.259 e. The lowest BCUT2D eigenvalue weighted by atomic mass is 9.88. The van der Waals surface area contributed by atoms with Crippen LogP contribution in [0, 0.1) is 5.92 Å². The summed E-state index contributed by atoms with van der Waals surface area (Å²) in [5, 5.41) is 7.37. The number of aromatic nitrogens is 1. The molecular formula is C36H41ClN4O6S. The zero-order valence-corrected chi connectivity index (χ0v) is 29.0. The van der Waals surface area contributed by atoms with Crippen LogP contribution in [-0.4, -0.2) is 67.5 Å². The number of para-hydroxylation sites is 1. The molecule has 3 aliphatic rings. The van der Waals surface area contributed by atoms with Gasteiger partial charge in [0.25, 0.3) is 5.91 Å². The summed E-state index contributed by atoms with van der Waals surface area (Å²) in [5.41, 5.74) is 3.62. The van der Waals surface area contributed by atoms with Gasteiger partial charge < -0.3 is 39.2 Å². The van der Waals surface area contributed by atoms with Crippen LogP contribution in [-0.2, 0) is 22.6 Å². The highest BCUT2D eigenvalue weighted by atomic mass is 35.5. The number of amides is 1. The molecule has 0 spiro atoms. The van der Waals surface area contributed by atoms with Gasteiger partial charge in [0, 0.05) is 60.7 Å². The lowest BCUT2D eigenvalue weighted by molar-refractivity contribution is -0.131. The van der Waals surface area contributed by atoms with Gasteiger partial charge in [0.2, 0.25) is 0 Å². The second-order valence-corrected chi connectivity index (χ2v) is 12.9. The lowest BCUT2D eigenvalue weighted by Gasteiger charge is -2.41. The third kappa shape index (κ3) is 7.18. The van der Waals surface area contributed by atoms with Gasteiger partial charge in [0.15, 0.2) is 5.75 Å². The summed E-state index contributed by atoms with van der Waals surface area (Å²) < 4.78 is 28.6. The van der Waals surface area contributed by atoms with Crippen LogP contribution in [0.3, 0.4) is 0 Å². The van der Waals surface area contributed by atoms with E-state index in [2.05, 4.69) is 15.6 Å². The Morgan fingerprint density at radius 2 is 1.92 bits per heavy atom. The number of halogens is 1. The number of ether oxygens (including phenoxy) is 5. The molecule has 10 nitrogen and oxygen atoms in total. The van der Waals surface area contributed by atoms with Crippen molar-refractivity contribution in [1.82, 2.24) is 15.2 Å². The molecule has 1 amide bonds. The molecule has 254 valence electrons. The topological polar surface area (TPSA) is 103 Å². The number of nitrogens with one attached hydrogen (secondary N) is 2. The van der Waals surface area contributed by atoms with Crippen LogP contribution in [0.4, 0.5) is 5.69 Å². The van der Waals surface area contributed by atoms with E-state index in [0.717, 1.165) is 55.5 Å². The molecule has 6 rings (SSSR count). The van der Waals surface area contributed by atoms with Crippen LogP contribution >= 0.6 is 23.8 Å². The van der Waals surface area contributed by atoms with E-state index < -0.39 is 0 Å². The highest BCUT2D eigenvalue weighted by Crippen LogP contribution is 2.42. The van der Waals surface area contributed by atoms with Crippen molar-refractivity contribution < 1.29 is 28.5 Å². The smallest absolute Gasteiger partial charge is 0.259 e. The van der Waals surface area contributed by atoms with Gasteiger partial charge in [-0.2, -0.15) is 0 Å². The van der Waals surface area contributed by atoms with Gasteiger partial charge in [-0.3, -0.25) is 9.78 Å². The average Bonchev–Trinajstić information content (AvgIpc) is 3.81. The van der Waals surface area contributed by atoms with Crippen LogP contribution in [0.1, 0.15) is 43.2 Å². The fourth-order valence-electron chi connectivity index (χ4n) is 6.87. The van der Waals surface area contributed by atoms with Crippen molar-refractivity contribution >= 4 is 40.4 Å². The Labute approximate surface area is 291 Å². The van der Waals surface area contributed by atoms with Crippen LogP contribution in [0.25, 0.3) is 0 Å². The van der Waals surface area contributed by atoms with Gasteiger partial charge >= 0.3 is 0 Å². The zero-order valence-electron chi connectivity index (χ0n) is 27.4. The van der Waals surface area contributed by atoms with Gasteiger partial charge in [-0.25, -0.2) is 0 Å². The molecule has 3 atom stereocenters. The van der Waals surface area contributed by atoms with E-state index in [-0.39, 0.29) is 29.0 Å². The first kappa shape index (κ1) is 33.8. The monoisotopic (exact) mass is 692 g/mol. The molecule has 1 saturated carbocycles. The fraction of sp³-hybridized carbons (Fsp3) is 0.417. The first-order chi connectivity index (χ1) is 23.4. The van der Waals surface area contributed by atoms with E-state index in [1.807, 2.05) is 41.3 Å². The van der Waals surface area contributed by atoms with E-state index in [9.17, 15) is 4.79 Å². The van der Waals surface area contributed by atoms with Crippen LogP contribution < -0.4 is 29.6 Å². The molecule has 48 heavy (non-hydrogen) atoms. The van der Waals surface area contributed by atoms with E-state index >= 15 is 0 Å². The summed E-state index contributed by atoms with van der Waals surface area (Å²) in [5.74, 6) is 2.35. The van der Waals surface area contributed by atoms with Crippen molar-refractivity contribution in [2.45, 2.75) is 57.3 Å². The molecular weight excluding hydrogens is 652 g/mol. The number of thiocarbonyl (C=S) groups is 1. The number of carbonyl (C=O) groups is 1. The van der Waals surface area contributed by atoms with E-state index in [4.69, 9.17) is 47.5 Å². The van der Waals surface area contributed by atoms with Crippen LogP contribution in [0.2, 0.25) is 5.02 Å². The molecule has 1 saturated heterocycles. The summed E-state index contributed by atoms with van der Waals surface area (Å²) >= 11 is 12.5. The molecule has 2 aromatic carbocycles. The summed E-state index contributed by atoms with van der Waals surface area (Å²) in [6.45, 7) is 2.02. The molecule has 12 heteroatoms. The van der Waals surface area contributed by atoms with E-state index in [1.165, 1.54) is 0 Å². The summed E-state index contributed by atoms with van der Waals surface area (Å²) in [6.07, 6.45) is 8.34. The standard InChI is InChI=1S/C36H41ClN4O6S/c1-43-24-13-12-23(30(17-24)44-2)20-41-29-11-4-8-26(29)33(32(36(41)42)35(48)40-28-10-5-9-27(37)34(28)45-3)39-18-22-14-15-38-19-31(22)47-21-25-7-6-16-46-25/h5,9-10,12-15,17,19,25-26,29,39H,4,6-8,11,16,18,20-21H2,1-3H3,(H,40,48)/t25-,26?,29?/m0/s1. The van der Waals surface area contributed by atoms with Crippen LogP contribution in [0.15, 0.2) is 66.1 Å². The van der Waals surface area contributed by atoms with Crippen molar-refractivity contribution in [1.29, 1.82) is 0 Å². The minimum Gasteiger partial charge on any atom is -0.497 e. The molecule has 3 aromatic rings. The Kier molecular flexibility index (Phi) is 10.9. The maximum atomic E-state index is 14.7. The number of rotatable bonds is 13. The highest BCUT2D eigenvalue weighted by Gasteiger charge is 2.45. The second kappa shape index (κ2) is 15.4. The van der Waals surface area contributed by atoms with E-state index in [0.29, 0.717) is 59.0 Å². The quantitative estimate of drug-likeness (QED) is 0.198. The number of benzene rings is 2. The average molecular weight is 693 g/mol. The SMILES string of the molecule is COc1ccc(CN2C(=O)C(C(=S)Nc3cccc(Cl)c3OC)=C(NCc3ccncc3OC[C@@H]3CCCO3)C3CCCC32)c(OC)c1. The Balaban J connectivity index is 1.34. The van der Waals surface area contributed by atoms with Gasteiger partial charge in [-0.15, -0.1) is 0 Å². The first-order valence-corrected chi connectivity index (χ1v) is 17.0. The Bertz CT molecular complexity index is 1680. The number of carbonyl (C=O) groups excluding carboxylic acids is 1. The number of methoxy groups -OCH3 is 3. The van der Waals surface area contributed by atoms with Crippen molar-refractivity contribution in [3.8, 4) is 23.0 Å². The van der Waals surface area contributed by atoms with Crippen molar-refractivity contribution in [2.24, 2.45) is 5.92 Å². The fourth-order valence-corrected chi connectivity index (χ4v) is 7.43. The van der Waals surface area contributed by atoms with Gasteiger partial charge in [-0.05, 0) is 56.0 Å². The second-order valence-electron chi connectivity index (χ2n) is 12.1. The van der Waals surface area contributed by atoms with Crippen LogP contribution in [0.5, 0.6) is 23.0 Å². The minimum absolute atomic E-state index is 0.0215. The number of nitrogens with zero attached hydrogens (tertiary/aromatic N) is 2. The molecule has 2 fully saturated rings. The Morgan fingerprint density at radius 3 is 2.69 bits per heavy atom. The first-order valence-electron chi connectivity index (χ1n) is 16.2. The van der Waals surface area contributed by atoms with Crippen molar-refractivity contribution in [2.75, 3.05) is 39.9 Å². The highest BCUT2D eigenvalue weighted by molar-refractivity contribution is 7.81. The molecule has 0 radical (unpaired) electrons. The van der Waals surface area contributed by atoms with E-state index in [1.54, 1.807) is 39.8 Å². The molecule has 0 bridgehead atoms. The molecule has 1 aromatic heterocycles. The maximum absolute atomic E-state index is 14.7. The Hall–Kier alpha value is -4.06. The minimum atomic E-state index is -0.165. The van der Waals surface area contributed by atoms with Crippen molar-refractivity contribution in [3.63, 3.8) is 0 Å². The molecule has 3 heterocycles. The third-order valence-electron chi connectivity index (χ3n) is 9.26. The van der Waals surface area contributed by atoms with Crippen molar-refractivity contribution in [3.05, 3.63) is 82.3 Å². The van der Waals surface area contributed by atoms with Gasteiger partial charge in [-0.1, -0.05) is 36.3 Å². The lowest BCUT2D eigenvalue weighted by Crippen LogP contribution is -2.51. The zero-order chi connectivity index (χ0) is 33.6. The Morgan fingerprint density at radius 1 is 1.04 bits per heavy atom. The molecule has 2 unspecified atom stereocenters. The summed E-state index contributed by atoms with van der Waals surface area (Å²) in [6, 6.07) is 13.0. The number of pyridine rings is 1. The molecule has 2 aliphatic heterocycles. The predicted molar refractivity (Wildman–Crippen MR) is 188 cm³/mol. The summed E-state index contributed by atoms with van der Waals surface area (Å²) in [4.78, 5) is 21.2. The normalized spacial score (nSPS) is 20.4. The largest absolute Gasteiger partial charge is 0.497 e. The number of hydrogen-bond acceptors (Lipinski definition) is 9. The third-order valence-corrected chi connectivity index (χ3v) is 9.87. The summed E-state index contributed by atoms with van der Waals surface area (Å²) in [7, 11) is 4.79. The number of hydrogen-bond donors (Lipinski definition) is 2. The van der Waals surface area contributed by atoms with Gasteiger partial charge in [0.05, 0.1) is 49.9 Å².